The van der Waals surface area contributed by atoms with Gasteiger partial charge in [0.05, 0.1) is 5.75 Å². The van der Waals surface area contributed by atoms with E-state index in [9.17, 15) is 13.2 Å². The number of carbonyl (C=O) groups excluding carboxylic acids is 1. The zero-order chi connectivity index (χ0) is 13.8. The number of anilines is 1. The Hall–Kier alpha value is -1.36. The molecule has 1 aromatic rings. The molecule has 0 aromatic heterocycles. The van der Waals surface area contributed by atoms with Crippen molar-refractivity contribution >= 4 is 21.8 Å². The van der Waals surface area contributed by atoms with Crippen LogP contribution in [0.4, 0.5) is 5.69 Å². The lowest BCUT2D eigenvalue weighted by atomic mass is 10.1. The van der Waals surface area contributed by atoms with Crippen molar-refractivity contribution in [1.29, 1.82) is 0 Å². The SMILES string of the molecule is CCN(CCS(C)(=O)=O)c1ccc(C=O)c(C)c1. The highest BCUT2D eigenvalue weighted by molar-refractivity contribution is 7.90. The van der Waals surface area contributed by atoms with Gasteiger partial charge in [0.1, 0.15) is 16.1 Å². The highest BCUT2D eigenvalue weighted by atomic mass is 32.2. The summed E-state index contributed by atoms with van der Waals surface area (Å²) in [7, 11) is -2.96. The summed E-state index contributed by atoms with van der Waals surface area (Å²) in [4.78, 5) is 12.7. The number of sulfone groups is 1. The topological polar surface area (TPSA) is 54.5 Å². The zero-order valence-corrected chi connectivity index (χ0v) is 11.8. The summed E-state index contributed by atoms with van der Waals surface area (Å²) in [5.74, 6) is 0.134. The van der Waals surface area contributed by atoms with Crippen molar-refractivity contribution in [3.8, 4) is 0 Å². The number of hydrogen-bond acceptors (Lipinski definition) is 4. The van der Waals surface area contributed by atoms with Gasteiger partial charge in [0, 0.05) is 30.6 Å². The van der Waals surface area contributed by atoms with Crippen LogP contribution in [0.1, 0.15) is 22.8 Å². The number of aldehydes is 1. The first kappa shape index (κ1) is 14.7. The maximum Gasteiger partial charge on any atom is 0.150 e. The average molecular weight is 269 g/mol. The molecule has 0 radical (unpaired) electrons. The number of benzene rings is 1. The Kier molecular flexibility index (Phi) is 4.90. The Morgan fingerprint density at radius 2 is 2.00 bits per heavy atom. The molecule has 0 aliphatic carbocycles. The van der Waals surface area contributed by atoms with Crippen molar-refractivity contribution < 1.29 is 13.2 Å². The summed E-state index contributed by atoms with van der Waals surface area (Å²) in [6.07, 6.45) is 2.06. The van der Waals surface area contributed by atoms with E-state index in [4.69, 9.17) is 0 Å². The van der Waals surface area contributed by atoms with Gasteiger partial charge in [-0.3, -0.25) is 4.79 Å². The van der Waals surface area contributed by atoms with Crippen molar-refractivity contribution in [3.05, 3.63) is 29.3 Å². The molecule has 0 fully saturated rings. The lowest BCUT2D eigenvalue weighted by molar-refractivity contribution is 0.112. The summed E-state index contributed by atoms with van der Waals surface area (Å²) in [5.41, 5.74) is 2.52. The Labute approximate surface area is 109 Å². The van der Waals surface area contributed by atoms with E-state index in [1.807, 2.05) is 30.9 Å². The zero-order valence-electron chi connectivity index (χ0n) is 11.0. The monoisotopic (exact) mass is 269 g/mol. The molecule has 0 saturated carbocycles. The molecular formula is C13H19NO3S. The second kappa shape index (κ2) is 6.00. The van der Waals surface area contributed by atoms with E-state index in [-0.39, 0.29) is 5.75 Å². The van der Waals surface area contributed by atoms with Crippen LogP contribution in [0.5, 0.6) is 0 Å². The van der Waals surface area contributed by atoms with Crippen molar-refractivity contribution in [2.75, 3.05) is 30.0 Å². The van der Waals surface area contributed by atoms with Crippen LogP contribution in [-0.2, 0) is 9.84 Å². The van der Waals surface area contributed by atoms with Gasteiger partial charge in [0.2, 0.25) is 0 Å². The molecule has 0 atom stereocenters. The van der Waals surface area contributed by atoms with Gasteiger partial charge in [-0.2, -0.15) is 0 Å². The van der Waals surface area contributed by atoms with E-state index in [1.54, 1.807) is 6.07 Å². The molecule has 0 bridgehead atoms. The molecule has 0 heterocycles. The first-order valence-electron chi connectivity index (χ1n) is 5.86. The van der Waals surface area contributed by atoms with Gasteiger partial charge >= 0.3 is 0 Å². The Bertz CT molecular complexity index is 523. The van der Waals surface area contributed by atoms with E-state index >= 15 is 0 Å². The maximum atomic E-state index is 11.2. The summed E-state index contributed by atoms with van der Waals surface area (Å²) < 4.78 is 22.4. The normalized spacial score (nSPS) is 11.3. The van der Waals surface area contributed by atoms with Crippen LogP contribution in [-0.4, -0.2) is 39.8 Å². The molecular weight excluding hydrogens is 250 g/mol. The van der Waals surface area contributed by atoms with E-state index in [2.05, 4.69) is 0 Å². The van der Waals surface area contributed by atoms with Crippen LogP contribution in [0.3, 0.4) is 0 Å². The number of nitrogens with zero attached hydrogens (tertiary/aromatic N) is 1. The van der Waals surface area contributed by atoms with Crippen LogP contribution in [0.15, 0.2) is 18.2 Å². The first-order chi connectivity index (χ1) is 8.37. The first-order valence-corrected chi connectivity index (χ1v) is 7.92. The minimum atomic E-state index is -2.96. The van der Waals surface area contributed by atoms with Gasteiger partial charge in [-0.25, -0.2) is 8.42 Å². The van der Waals surface area contributed by atoms with Crippen molar-refractivity contribution in [3.63, 3.8) is 0 Å². The number of carbonyl (C=O) groups is 1. The fourth-order valence-electron chi connectivity index (χ4n) is 1.73. The summed E-state index contributed by atoms with van der Waals surface area (Å²) in [5, 5.41) is 0. The molecule has 0 spiro atoms. The van der Waals surface area contributed by atoms with Gasteiger partial charge in [0.25, 0.3) is 0 Å². The molecule has 0 aliphatic heterocycles. The van der Waals surface area contributed by atoms with Crippen molar-refractivity contribution in [1.82, 2.24) is 0 Å². The third-order valence-corrected chi connectivity index (χ3v) is 3.78. The van der Waals surface area contributed by atoms with Crippen LogP contribution in [0.25, 0.3) is 0 Å². The van der Waals surface area contributed by atoms with Crippen LogP contribution in [0.2, 0.25) is 0 Å². The minimum absolute atomic E-state index is 0.134. The molecule has 0 saturated heterocycles. The van der Waals surface area contributed by atoms with Crippen molar-refractivity contribution in [2.45, 2.75) is 13.8 Å². The molecule has 0 N–H and O–H groups in total. The molecule has 0 amide bonds. The minimum Gasteiger partial charge on any atom is -0.371 e. The Morgan fingerprint density at radius 3 is 2.44 bits per heavy atom. The quantitative estimate of drug-likeness (QED) is 0.737. The highest BCUT2D eigenvalue weighted by Crippen LogP contribution is 2.18. The van der Waals surface area contributed by atoms with Crippen LogP contribution in [0, 0.1) is 6.92 Å². The number of hydrogen-bond donors (Lipinski definition) is 0. The van der Waals surface area contributed by atoms with Gasteiger partial charge < -0.3 is 4.90 Å². The third-order valence-electron chi connectivity index (χ3n) is 2.86. The second-order valence-corrected chi connectivity index (χ2v) is 6.63. The summed E-state index contributed by atoms with van der Waals surface area (Å²) >= 11 is 0. The lowest BCUT2D eigenvalue weighted by Crippen LogP contribution is -2.28. The van der Waals surface area contributed by atoms with E-state index in [0.717, 1.165) is 24.1 Å². The smallest absolute Gasteiger partial charge is 0.150 e. The molecule has 0 aliphatic rings. The molecule has 1 rings (SSSR count). The highest BCUT2D eigenvalue weighted by Gasteiger charge is 2.09. The number of rotatable bonds is 6. The molecule has 4 nitrogen and oxygen atoms in total. The van der Waals surface area contributed by atoms with E-state index in [1.165, 1.54) is 6.26 Å². The van der Waals surface area contributed by atoms with Gasteiger partial charge in [0.15, 0.2) is 0 Å². The van der Waals surface area contributed by atoms with Crippen LogP contribution < -0.4 is 4.90 Å². The average Bonchev–Trinajstić information content (AvgIpc) is 2.28. The molecule has 18 heavy (non-hydrogen) atoms. The largest absolute Gasteiger partial charge is 0.371 e. The molecule has 100 valence electrons. The maximum absolute atomic E-state index is 11.2. The summed E-state index contributed by atoms with van der Waals surface area (Å²) in [6, 6.07) is 5.53. The van der Waals surface area contributed by atoms with Gasteiger partial charge in [-0.1, -0.05) is 0 Å². The van der Waals surface area contributed by atoms with Gasteiger partial charge in [-0.15, -0.1) is 0 Å². The molecule has 0 unspecified atom stereocenters. The van der Waals surface area contributed by atoms with E-state index < -0.39 is 9.84 Å². The standard InChI is InChI=1S/C13H19NO3S/c1-4-14(7-8-18(3,16)17)13-6-5-12(10-15)11(2)9-13/h5-6,9-10H,4,7-8H2,1-3H3. The fraction of sp³-hybridized carbons (Fsp3) is 0.462. The number of aryl methyl sites for hydroxylation is 1. The third kappa shape index (κ3) is 4.14. The second-order valence-electron chi connectivity index (χ2n) is 4.37. The lowest BCUT2D eigenvalue weighted by Gasteiger charge is -2.23. The predicted molar refractivity (Wildman–Crippen MR) is 74.2 cm³/mol. The Balaban J connectivity index is 2.88. The van der Waals surface area contributed by atoms with E-state index in [0.29, 0.717) is 12.1 Å². The van der Waals surface area contributed by atoms with Crippen molar-refractivity contribution in [2.24, 2.45) is 0 Å². The Morgan fingerprint density at radius 1 is 1.33 bits per heavy atom. The van der Waals surface area contributed by atoms with Gasteiger partial charge in [-0.05, 0) is 37.6 Å². The molecule has 5 heteroatoms. The predicted octanol–water partition coefficient (Wildman–Crippen LogP) is 1.68. The fourth-order valence-corrected chi connectivity index (χ4v) is 2.29. The van der Waals surface area contributed by atoms with Crippen LogP contribution >= 0.6 is 0 Å². The molecule has 1 aromatic carbocycles. The summed E-state index contributed by atoms with van der Waals surface area (Å²) in [6.45, 7) is 5.05.